The first-order valence-electron chi connectivity index (χ1n) is 6.26. The minimum atomic E-state index is -0.476. The number of nitro groups is 1. The van der Waals surface area contributed by atoms with Crippen molar-refractivity contribution < 1.29 is 14.8 Å². The van der Waals surface area contributed by atoms with Gasteiger partial charge >= 0.3 is 0 Å². The molecule has 2 rings (SSSR count). The summed E-state index contributed by atoms with van der Waals surface area (Å²) < 4.78 is 0. The van der Waals surface area contributed by atoms with Gasteiger partial charge in [-0.25, -0.2) is 0 Å². The first-order chi connectivity index (χ1) is 9.13. The number of nitro benzene ring substituents is 1. The number of amides is 1. The molecule has 1 aliphatic heterocycles. The van der Waals surface area contributed by atoms with Gasteiger partial charge in [0.25, 0.3) is 5.69 Å². The molecule has 1 N–H and O–H groups in total. The van der Waals surface area contributed by atoms with Gasteiger partial charge in [-0.2, -0.15) is 0 Å². The Morgan fingerprint density at radius 1 is 1.47 bits per heavy atom. The number of hydrogen-bond acceptors (Lipinski definition) is 4. The van der Waals surface area contributed by atoms with Crippen LogP contribution >= 0.6 is 0 Å². The lowest BCUT2D eigenvalue weighted by Crippen LogP contribution is -2.38. The zero-order valence-corrected chi connectivity index (χ0v) is 10.5. The molecule has 1 heterocycles. The fraction of sp³-hybridized carbons (Fsp3) is 0.462. The van der Waals surface area contributed by atoms with Crippen LogP contribution in [0.15, 0.2) is 24.3 Å². The molecule has 0 saturated carbocycles. The third-order valence-electron chi connectivity index (χ3n) is 3.44. The van der Waals surface area contributed by atoms with Crippen molar-refractivity contribution in [3.05, 3.63) is 39.9 Å². The Labute approximate surface area is 110 Å². The average Bonchev–Trinajstić information content (AvgIpc) is 2.87. The van der Waals surface area contributed by atoms with Gasteiger partial charge in [-0.3, -0.25) is 14.9 Å². The molecule has 0 unspecified atom stereocenters. The Morgan fingerprint density at radius 3 is 2.89 bits per heavy atom. The maximum Gasteiger partial charge on any atom is 0.273 e. The number of carbonyl (C=O) groups is 1. The molecule has 1 aliphatic rings. The summed E-state index contributed by atoms with van der Waals surface area (Å²) in [5.74, 6) is -0.161. The maximum atomic E-state index is 12.2. The van der Waals surface area contributed by atoms with Crippen LogP contribution in [0.25, 0.3) is 0 Å². The van der Waals surface area contributed by atoms with Crippen LogP contribution < -0.4 is 0 Å². The molecule has 0 spiro atoms. The molecule has 1 atom stereocenters. The highest BCUT2D eigenvalue weighted by Crippen LogP contribution is 2.22. The van der Waals surface area contributed by atoms with Crippen molar-refractivity contribution in [1.82, 2.24) is 4.90 Å². The van der Waals surface area contributed by atoms with Crippen LogP contribution in [0.3, 0.4) is 0 Å². The molecule has 102 valence electrons. The first-order valence-corrected chi connectivity index (χ1v) is 6.26. The molecular weight excluding hydrogens is 248 g/mol. The standard InChI is InChI=1S/C13H16N2O4/c16-9-11-5-3-7-14(11)13(17)8-10-4-1-2-6-12(10)15(18)19/h1-2,4,6,11,16H,3,5,7-9H2/t11-/m1/s1. The van der Waals surface area contributed by atoms with Crippen LogP contribution in [0.5, 0.6) is 0 Å². The molecule has 0 bridgehead atoms. The van der Waals surface area contributed by atoms with Crippen LogP contribution in [0.4, 0.5) is 5.69 Å². The van der Waals surface area contributed by atoms with E-state index in [0.29, 0.717) is 12.1 Å². The molecule has 19 heavy (non-hydrogen) atoms. The number of nitrogens with zero attached hydrogens (tertiary/aromatic N) is 2. The maximum absolute atomic E-state index is 12.2. The van der Waals surface area contributed by atoms with Crippen molar-refractivity contribution in [2.75, 3.05) is 13.2 Å². The van der Waals surface area contributed by atoms with Gasteiger partial charge in [0.15, 0.2) is 0 Å². The predicted octanol–water partition coefficient (Wildman–Crippen LogP) is 1.12. The SMILES string of the molecule is O=C(Cc1ccccc1[N+](=O)[O-])N1CCC[C@@H]1CO. The van der Waals surface area contributed by atoms with Gasteiger partial charge in [-0.15, -0.1) is 0 Å². The van der Waals surface area contributed by atoms with E-state index in [1.54, 1.807) is 23.1 Å². The number of hydrogen-bond donors (Lipinski definition) is 1. The molecule has 1 aromatic carbocycles. The van der Waals surface area contributed by atoms with Gasteiger partial charge in [-0.05, 0) is 12.8 Å². The zero-order chi connectivity index (χ0) is 13.8. The molecule has 0 radical (unpaired) electrons. The van der Waals surface area contributed by atoms with Gasteiger partial charge in [0.2, 0.25) is 5.91 Å². The fourth-order valence-corrected chi connectivity index (χ4v) is 2.46. The minimum absolute atomic E-state index is 0.00759. The topological polar surface area (TPSA) is 83.7 Å². The number of aliphatic hydroxyl groups excluding tert-OH is 1. The predicted molar refractivity (Wildman–Crippen MR) is 68.6 cm³/mol. The van der Waals surface area contributed by atoms with Gasteiger partial charge in [0.05, 0.1) is 24.0 Å². The van der Waals surface area contributed by atoms with Crippen LogP contribution in [0, 0.1) is 10.1 Å². The summed E-state index contributed by atoms with van der Waals surface area (Å²) in [6, 6.07) is 6.12. The van der Waals surface area contributed by atoms with E-state index in [1.807, 2.05) is 0 Å². The number of para-hydroxylation sites is 1. The van der Waals surface area contributed by atoms with Crippen molar-refractivity contribution >= 4 is 11.6 Å². The molecule has 1 amide bonds. The monoisotopic (exact) mass is 264 g/mol. The molecule has 1 saturated heterocycles. The lowest BCUT2D eigenvalue weighted by molar-refractivity contribution is -0.385. The van der Waals surface area contributed by atoms with Crippen molar-refractivity contribution in [3.8, 4) is 0 Å². The average molecular weight is 264 g/mol. The zero-order valence-electron chi connectivity index (χ0n) is 10.5. The number of carbonyl (C=O) groups excluding carboxylic acids is 1. The molecule has 0 aliphatic carbocycles. The fourth-order valence-electron chi connectivity index (χ4n) is 2.46. The van der Waals surface area contributed by atoms with Crippen LogP contribution in [0.1, 0.15) is 18.4 Å². The van der Waals surface area contributed by atoms with E-state index in [4.69, 9.17) is 0 Å². The Kier molecular flexibility index (Phi) is 4.11. The highest BCUT2D eigenvalue weighted by Gasteiger charge is 2.29. The number of rotatable bonds is 4. The Balaban J connectivity index is 2.13. The number of benzene rings is 1. The minimum Gasteiger partial charge on any atom is -0.394 e. The van der Waals surface area contributed by atoms with Crippen LogP contribution in [0.2, 0.25) is 0 Å². The van der Waals surface area contributed by atoms with E-state index in [2.05, 4.69) is 0 Å². The van der Waals surface area contributed by atoms with Gasteiger partial charge in [0.1, 0.15) is 0 Å². The third kappa shape index (κ3) is 2.90. The van der Waals surface area contributed by atoms with E-state index in [9.17, 15) is 20.0 Å². The summed E-state index contributed by atoms with van der Waals surface area (Å²) in [4.78, 5) is 24.2. The third-order valence-corrected chi connectivity index (χ3v) is 3.44. The summed E-state index contributed by atoms with van der Waals surface area (Å²) in [7, 11) is 0. The lowest BCUT2D eigenvalue weighted by Gasteiger charge is -2.22. The van der Waals surface area contributed by atoms with Gasteiger partial charge < -0.3 is 10.0 Å². The van der Waals surface area contributed by atoms with E-state index < -0.39 is 4.92 Å². The second-order valence-corrected chi connectivity index (χ2v) is 4.63. The summed E-state index contributed by atoms with van der Waals surface area (Å²) in [6.45, 7) is 0.563. The van der Waals surface area contributed by atoms with Crippen LogP contribution in [-0.4, -0.2) is 40.0 Å². The van der Waals surface area contributed by atoms with Crippen LogP contribution in [-0.2, 0) is 11.2 Å². The van der Waals surface area contributed by atoms with Crippen molar-refractivity contribution in [2.24, 2.45) is 0 Å². The van der Waals surface area contributed by atoms with Crippen molar-refractivity contribution in [1.29, 1.82) is 0 Å². The van der Waals surface area contributed by atoms with E-state index >= 15 is 0 Å². The van der Waals surface area contributed by atoms with E-state index in [1.165, 1.54) is 6.07 Å². The lowest BCUT2D eigenvalue weighted by atomic mass is 10.1. The second-order valence-electron chi connectivity index (χ2n) is 4.63. The molecule has 0 aromatic heterocycles. The largest absolute Gasteiger partial charge is 0.394 e. The number of aliphatic hydroxyl groups is 1. The highest BCUT2D eigenvalue weighted by atomic mass is 16.6. The quantitative estimate of drug-likeness (QED) is 0.652. The smallest absolute Gasteiger partial charge is 0.273 e. The molecule has 1 aromatic rings. The Bertz CT molecular complexity index is 489. The van der Waals surface area contributed by atoms with E-state index in [0.717, 1.165) is 12.8 Å². The van der Waals surface area contributed by atoms with E-state index in [-0.39, 0.29) is 30.7 Å². The second kappa shape index (κ2) is 5.79. The molecule has 6 heteroatoms. The number of likely N-dealkylation sites (tertiary alicyclic amines) is 1. The molecule has 6 nitrogen and oxygen atoms in total. The van der Waals surface area contributed by atoms with Gasteiger partial charge in [0, 0.05) is 18.2 Å². The summed E-state index contributed by atoms with van der Waals surface area (Å²) in [5.41, 5.74) is 0.386. The van der Waals surface area contributed by atoms with Gasteiger partial charge in [-0.1, -0.05) is 18.2 Å². The highest BCUT2D eigenvalue weighted by molar-refractivity contribution is 5.80. The molecule has 1 fully saturated rings. The van der Waals surface area contributed by atoms with Crippen molar-refractivity contribution in [2.45, 2.75) is 25.3 Å². The summed E-state index contributed by atoms with van der Waals surface area (Å²) >= 11 is 0. The Morgan fingerprint density at radius 2 is 2.21 bits per heavy atom. The Hall–Kier alpha value is -1.95. The first kappa shape index (κ1) is 13.5. The summed E-state index contributed by atoms with van der Waals surface area (Å²) in [6.07, 6.45) is 1.67. The summed E-state index contributed by atoms with van der Waals surface area (Å²) in [5, 5.41) is 20.1. The van der Waals surface area contributed by atoms with Crippen molar-refractivity contribution in [3.63, 3.8) is 0 Å². The molecular formula is C13H16N2O4. The normalized spacial score (nSPS) is 18.6.